The van der Waals surface area contributed by atoms with Crippen LogP contribution in [0.4, 0.5) is 5.95 Å². The lowest BCUT2D eigenvalue weighted by atomic mass is 10.1. The van der Waals surface area contributed by atoms with Crippen LogP contribution < -0.4 is 9.64 Å². The van der Waals surface area contributed by atoms with Crippen LogP contribution in [0.25, 0.3) is 0 Å². The summed E-state index contributed by atoms with van der Waals surface area (Å²) in [6, 6.07) is 12.4. The fourth-order valence-corrected chi connectivity index (χ4v) is 4.70. The highest BCUT2D eigenvalue weighted by molar-refractivity contribution is 7.09. The van der Waals surface area contributed by atoms with Gasteiger partial charge >= 0.3 is 0 Å². The van der Waals surface area contributed by atoms with Crippen molar-refractivity contribution in [2.24, 2.45) is 0 Å². The molecule has 1 fully saturated rings. The molecular weight excluding hydrogens is 396 g/mol. The minimum atomic E-state index is 0.687. The first-order chi connectivity index (χ1) is 14.8. The number of anilines is 1. The number of morpholine rings is 1. The van der Waals surface area contributed by atoms with Gasteiger partial charge in [0.1, 0.15) is 5.75 Å². The molecular formula is C23H26N4O2S. The molecule has 0 bridgehead atoms. The van der Waals surface area contributed by atoms with E-state index in [-0.39, 0.29) is 0 Å². The van der Waals surface area contributed by atoms with Crippen molar-refractivity contribution >= 4 is 17.3 Å². The van der Waals surface area contributed by atoms with Gasteiger partial charge in [0, 0.05) is 44.0 Å². The number of ether oxygens (including phenoxy) is 2. The first kappa shape index (κ1) is 19.5. The van der Waals surface area contributed by atoms with Gasteiger partial charge in [0.2, 0.25) is 11.8 Å². The van der Waals surface area contributed by atoms with Crippen molar-refractivity contribution < 1.29 is 9.47 Å². The second-order valence-corrected chi connectivity index (χ2v) is 8.79. The highest BCUT2D eigenvalue weighted by Crippen LogP contribution is 2.33. The van der Waals surface area contributed by atoms with E-state index in [0.29, 0.717) is 19.1 Å². The zero-order valence-corrected chi connectivity index (χ0v) is 18.0. The van der Waals surface area contributed by atoms with Gasteiger partial charge < -0.3 is 14.4 Å². The smallest absolute Gasteiger partial charge is 0.229 e. The van der Waals surface area contributed by atoms with E-state index in [1.54, 1.807) is 11.3 Å². The average Bonchev–Trinajstić information content (AvgIpc) is 3.29. The van der Waals surface area contributed by atoms with Gasteiger partial charge in [-0.25, -0.2) is 4.98 Å². The second-order valence-electron chi connectivity index (χ2n) is 7.76. The number of thiophene rings is 1. The molecule has 1 saturated heterocycles. The van der Waals surface area contributed by atoms with Crippen molar-refractivity contribution in [1.82, 2.24) is 14.9 Å². The highest BCUT2D eigenvalue weighted by Gasteiger charge is 2.26. The van der Waals surface area contributed by atoms with Gasteiger partial charge in [0.15, 0.2) is 0 Å². The Morgan fingerprint density at radius 3 is 2.73 bits per heavy atom. The summed E-state index contributed by atoms with van der Waals surface area (Å²) in [5.74, 6) is 2.29. The van der Waals surface area contributed by atoms with E-state index in [2.05, 4.69) is 40.3 Å². The van der Waals surface area contributed by atoms with Gasteiger partial charge in [-0.05, 0) is 30.0 Å². The molecule has 3 aromatic rings. The van der Waals surface area contributed by atoms with Crippen LogP contribution in [0.15, 0.2) is 41.8 Å². The summed E-state index contributed by atoms with van der Waals surface area (Å²) >= 11 is 1.81. The molecule has 0 atom stereocenters. The molecule has 7 heteroatoms. The van der Waals surface area contributed by atoms with Gasteiger partial charge in [-0.2, -0.15) is 4.98 Å². The second kappa shape index (κ2) is 8.71. The normalized spacial score (nSPS) is 17.0. The predicted molar refractivity (Wildman–Crippen MR) is 118 cm³/mol. The highest BCUT2D eigenvalue weighted by atomic mass is 32.1. The van der Waals surface area contributed by atoms with Crippen molar-refractivity contribution in [1.29, 1.82) is 0 Å². The van der Waals surface area contributed by atoms with Gasteiger partial charge in [0.05, 0.1) is 24.5 Å². The number of rotatable bonds is 5. The van der Waals surface area contributed by atoms with Crippen molar-refractivity contribution in [3.63, 3.8) is 0 Å². The van der Waals surface area contributed by atoms with E-state index in [4.69, 9.17) is 19.4 Å². The molecule has 2 aliphatic rings. The molecule has 0 saturated carbocycles. The molecule has 0 amide bonds. The Labute approximate surface area is 181 Å². The van der Waals surface area contributed by atoms with Crippen LogP contribution in [0.2, 0.25) is 0 Å². The molecule has 2 aliphatic heterocycles. The van der Waals surface area contributed by atoms with E-state index in [1.807, 2.05) is 18.2 Å². The predicted octanol–water partition coefficient (Wildman–Crippen LogP) is 4.03. The van der Waals surface area contributed by atoms with E-state index < -0.39 is 0 Å². The van der Waals surface area contributed by atoms with Gasteiger partial charge in [-0.3, -0.25) is 4.90 Å². The Morgan fingerprint density at radius 1 is 1.07 bits per heavy atom. The summed E-state index contributed by atoms with van der Waals surface area (Å²) in [5, 5.41) is 2.14. The average molecular weight is 423 g/mol. The molecule has 0 N–H and O–H groups in total. The molecule has 30 heavy (non-hydrogen) atoms. The minimum absolute atomic E-state index is 0.687. The third-order valence-electron chi connectivity index (χ3n) is 5.64. The number of nitrogens with zero attached hydrogens (tertiary/aromatic N) is 4. The van der Waals surface area contributed by atoms with Crippen LogP contribution in [0.1, 0.15) is 21.7 Å². The molecule has 6 nitrogen and oxygen atoms in total. The molecule has 0 aliphatic carbocycles. The first-order valence-electron chi connectivity index (χ1n) is 10.5. The third kappa shape index (κ3) is 4.19. The van der Waals surface area contributed by atoms with Gasteiger partial charge in [0.25, 0.3) is 0 Å². The van der Waals surface area contributed by atoms with Crippen LogP contribution >= 0.6 is 11.3 Å². The van der Waals surface area contributed by atoms with Crippen LogP contribution in [0.5, 0.6) is 11.6 Å². The Morgan fingerprint density at radius 2 is 1.93 bits per heavy atom. The zero-order valence-electron chi connectivity index (χ0n) is 17.2. The number of hydrogen-bond donors (Lipinski definition) is 0. The lowest BCUT2D eigenvalue weighted by molar-refractivity contribution is 0.122. The lowest BCUT2D eigenvalue weighted by Crippen LogP contribution is -2.38. The largest absolute Gasteiger partial charge is 0.438 e. The molecule has 2 aromatic heterocycles. The topological polar surface area (TPSA) is 50.7 Å². The summed E-state index contributed by atoms with van der Waals surface area (Å²) in [5.41, 5.74) is 3.32. The Bertz CT molecular complexity index is 1000. The molecule has 0 radical (unpaired) electrons. The zero-order chi connectivity index (χ0) is 20.3. The monoisotopic (exact) mass is 422 g/mol. The summed E-state index contributed by atoms with van der Waals surface area (Å²) in [4.78, 5) is 15.9. The van der Waals surface area contributed by atoms with Crippen molar-refractivity contribution in [2.45, 2.75) is 26.4 Å². The van der Waals surface area contributed by atoms with Gasteiger partial charge in [-0.15, -0.1) is 11.3 Å². The maximum Gasteiger partial charge on any atom is 0.229 e. The van der Waals surface area contributed by atoms with E-state index in [9.17, 15) is 0 Å². The molecule has 0 spiro atoms. The molecule has 1 aromatic carbocycles. The molecule has 5 rings (SSSR count). The van der Waals surface area contributed by atoms with Crippen molar-refractivity contribution in [2.75, 3.05) is 37.7 Å². The standard InChI is InChI=1S/C23H26N4O2S/c1-17-5-2-3-7-21(17)29-22-19-16-26(15-18-6-4-14-30-18)9-8-20(19)24-23(25-22)27-10-12-28-13-11-27/h2-7,14H,8-13,15-16H2,1H3. The minimum Gasteiger partial charge on any atom is -0.438 e. The third-order valence-corrected chi connectivity index (χ3v) is 6.50. The summed E-state index contributed by atoms with van der Waals surface area (Å²) < 4.78 is 11.9. The lowest BCUT2D eigenvalue weighted by Gasteiger charge is -2.31. The van der Waals surface area contributed by atoms with E-state index >= 15 is 0 Å². The van der Waals surface area contributed by atoms with E-state index in [1.165, 1.54) is 4.88 Å². The number of fused-ring (bicyclic) bond motifs is 1. The molecule has 156 valence electrons. The Kier molecular flexibility index (Phi) is 5.66. The Balaban J connectivity index is 1.48. The number of aryl methyl sites for hydroxylation is 1. The molecule has 4 heterocycles. The Hall–Kier alpha value is -2.48. The summed E-state index contributed by atoms with van der Waals surface area (Å²) in [6.45, 7) is 7.86. The number of benzene rings is 1. The van der Waals surface area contributed by atoms with Crippen LogP contribution in [0, 0.1) is 6.92 Å². The number of aromatic nitrogens is 2. The SMILES string of the molecule is Cc1ccccc1Oc1nc(N2CCOCC2)nc2c1CN(Cc1cccs1)CC2. The molecule has 0 unspecified atom stereocenters. The maximum absolute atomic E-state index is 6.39. The van der Waals surface area contributed by atoms with Crippen LogP contribution in [0.3, 0.4) is 0 Å². The van der Waals surface area contributed by atoms with Crippen LogP contribution in [-0.2, 0) is 24.2 Å². The van der Waals surface area contributed by atoms with Gasteiger partial charge in [-0.1, -0.05) is 24.3 Å². The van der Waals surface area contributed by atoms with E-state index in [0.717, 1.165) is 67.7 Å². The number of para-hydroxylation sites is 1. The maximum atomic E-state index is 6.39. The summed E-state index contributed by atoms with van der Waals surface area (Å²) in [7, 11) is 0. The van der Waals surface area contributed by atoms with Crippen LogP contribution in [-0.4, -0.2) is 47.7 Å². The van der Waals surface area contributed by atoms with Crippen molar-refractivity contribution in [3.8, 4) is 11.6 Å². The summed E-state index contributed by atoms with van der Waals surface area (Å²) in [6.07, 6.45) is 0.907. The fourth-order valence-electron chi connectivity index (χ4n) is 3.95. The quantitative estimate of drug-likeness (QED) is 0.619. The number of hydrogen-bond acceptors (Lipinski definition) is 7. The fraction of sp³-hybridized carbons (Fsp3) is 0.391. The van der Waals surface area contributed by atoms with Crippen molar-refractivity contribution in [3.05, 3.63) is 63.5 Å². The first-order valence-corrected chi connectivity index (χ1v) is 11.3.